The normalized spacial score (nSPS) is 13.5. The molecule has 0 bridgehead atoms. The molecule has 102 valence electrons. The number of methoxy groups -OCH3 is 1. The zero-order valence-corrected chi connectivity index (χ0v) is 12.5. The Morgan fingerprint density at radius 3 is 2.42 bits per heavy atom. The largest absolute Gasteiger partial charge is 0.369 e. The number of rotatable bonds is 3. The van der Waals surface area contributed by atoms with E-state index in [0.717, 1.165) is 11.4 Å². The van der Waals surface area contributed by atoms with Gasteiger partial charge in [0.15, 0.2) is 10.6 Å². The van der Waals surface area contributed by atoms with E-state index in [1.165, 1.54) is 0 Å². The minimum Gasteiger partial charge on any atom is -0.369 e. The number of aromatic amines is 1. The van der Waals surface area contributed by atoms with Crippen LogP contribution < -0.4 is 0 Å². The lowest BCUT2D eigenvalue weighted by atomic mass is 10.1. The molecule has 1 aromatic carbocycles. The summed E-state index contributed by atoms with van der Waals surface area (Å²) in [6.07, 6.45) is -0.228. The monoisotopic (exact) mass is 277 g/mol. The fraction of sp³-hybridized carbons (Fsp3) is 0.429. The number of hydrogen-bond acceptors (Lipinski definition) is 3. The van der Waals surface area contributed by atoms with Crippen molar-refractivity contribution in [3.63, 3.8) is 0 Å². The zero-order chi connectivity index (χ0) is 14.0. The molecule has 0 amide bonds. The van der Waals surface area contributed by atoms with Crippen LogP contribution in [0.15, 0.2) is 30.3 Å². The van der Waals surface area contributed by atoms with Crippen LogP contribution in [0.3, 0.4) is 0 Å². The molecule has 0 saturated carbocycles. The molecule has 1 heterocycles. The average Bonchev–Trinajstić information content (AvgIpc) is 2.73. The molecule has 2 aromatic rings. The first-order chi connectivity index (χ1) is 8.95. The Hall–Kier alpha value is -1.46. The van der Waals surface area contributed by atoms with Crippen molar-refractivity contribution < 1.29 is 4.74 Å². The van der Waals surface area contributed by atoms with Gasteiger partial charge in [-0.05, 0) is 38.6 Å². The molecule has 0 saturated heterocycles. The summed E-state index contributed by atoms with van der Waals surface area (Å²) in [5.41, 5.74) is 0.912. The van der Waals surface area contributed by atoms with Crippen molar-refractivity contribution in [3.05, 3.63) is 46.5 Å². The molecule has 0 aliphatic carbocycles. The summed E-state index contributed by atoms with van der Waals surface area (Å²) in [4.78, 5) is 0. The van der Waals surface area contributed by atoms with Crippen LogP contribution in [0, 0.1) is 4.77 Å². The van der Waals surface area contributed by atoms with Gasteiger partial charge in [0.25, 0.3) is 0 Å². The van der Waals surface area contributed by atoms with Gasteiger partial charge in [0, 0.05) is 12.6 Å². The van der Waals surface area contributed by atoms with E-state index in [0.29, 0.717) is 4.77 Å². The van der Waals surface area contributed by atoms with E-state index in [4.69, 9.17) is 17.0 Å². The highest BCUT2D eigenvalue weighted by Crippen LogP contribution is 2.27. The number of hydrogen-bond donors (Lipinski definition) is 1. The van der Waals surface area contributed by atoms with Crippen LogP contribution in [0.5, 0.6) is 0 Å². The Morgan fingerprint density at radius 2 is 1.89 bits per heavy atom. The van der Waals surface area contributed by atoms with E-state index in [1.807, 2.05) is 34.9 Å². The number of nitrogens with zero attached hydrogens (tertiary/aromatic N) is 2. The summed E-state index contributed by atoms with van der Waals surface area (Å²) in [7, 11) is 1.68. The molecule has 2 rings (SSSR count). The summed E-state index contributed by atoms with van der Waals surface area (Å²) in [6, 6.07) is 10.0. The fourth-order valence-corrected chi connectivity index (χ4v) is 2.56. The number of H-pyrrole nitrogens is 1. The lowest BCUT2D eigenvalue weighted by molar-refractivity contribution is 0.120. The number of aromatic nitrogens is 3. The maximum absolute atomic E-state index is 5.62. The van der Waals surface area contributed by atoms with Crippen molar-refractivity contribution in [2.75, 3.05) is 7.11 Å². The summed E-state index contributed by atoms with van der Waals surface area (Å²) in [6.45, 7) is 6.29. The highest BCUT2D eigenvalue weighted by Gasteiger charge is 2.26. The molecule has 5 heteroatoms. The van der Waals surface area contributed by atoms with Crippen LogP contribution in [-0.2, 0) is 10.3 Å². The predicted octanol–water partition coefficient (Wildman–Crippen LogP) is 3.43. The van der Waals surface area contributed by atoms with Gasteiger partial charge in [-0.15, -0.1) is 0 Å². The van der Waals surface area contributed by atoms with Gasteiger partial charge in [-0.1, -0.05) is 30.3 Å². The van der Waals surface area contributed by atoms with Gasteiger partial charge in [-0.2, -0.15) is 5.10 Å². The van der Waals surface area contributed by atoms with Crippen LogP contribution in [0.2, 0.25) is 0 Å². The topological polar surface area (TPSA) is 42.8 Å². The molecule has 0 aliphatic heterocycles. The summed E-state index contributed by atoms with van der Waals surface area (Å²) in [5.74, 6) is 0.797. The quantitative estimate of drug-likeness (QED) is 0.874. The molecule has 4 nitrogen and oxygen atoms in total. The molecular weight excluding hydrogens is 258 g/mol. The molecule has 0 aliphatic rings. The summed E-state index contributed by atoms with van der Waals surface area (Å²) in [5, 5.41) is 7.21. The highest BCUT2D eigenvalue weighted by atomic mass is 32.1. The first-order valence-electron chi connectivity index (χ1n) is 6.20. The molecule has 19 heavy (non-hydrogen) atoms. The van der Waals surface area contributed by atoms with Gasteiger partial charge in [0.05, 0.1) is 0 Å². The Balaban J connectivity index is 2.55. The van der Waals surface area contributed by atoms with Crippen LogP contribution in [-0.4, -0.2) is 21.9 Å². The third kappa shape index (κ3) is 2.77. The fourth-order valence-electron chi connectivity index (χ4n) is 2.15. The van der Waals surface area contributed by atoms with Gasteiger partial charge in [-0.25, -0.2) is 0 Å². The van der Waals surface area contributed by atoms with E-state index < -0.39 is 0 Å². The van der Waals surface area contributed by atoms with Crippen molar-refractivity contribution >= 4 is 12.2 Å². The first-order valence-corrected chi connectivity index (χ1v) is 6.61. The smallest absolute Gasteiger partial charge is 0.195 e. The van der Waals surface area contributed by atoms with E-state index in [2.05, 4.69) is 31.0 Å². The lowest BCUT2D eigenvalue weighted by Gasteiger charge is -2.25. The van der Waals surface area contributed by atoms with Gasteiger partial charge < -0.3 is 4.74 Å². The van der Waals surface area contributed by atoms with Gasteiger partial charge in [0.2, 0.25) is 0 Å². The maximum atomic E-state index is 5.62. The van der Waals surface area contributed by atoms with Crippen LogP contribution >= 0.6 is 12.2 Å². The number of nitrogens with one attached hydrogen (secondary N) is 1. The SMILES string of the molecule is COC(c1ccccc1)c1n[nH]c(=S)n1C(C)(C)C. The average molecular weight is 277 g/mol. The van der Waals surface area contributed by atoms with Crippen molar-refractivity contribution in [2.45, 2.75) is 32.4 Å². The van der Waals surface area contributed by atoms with Crippen LogP contribution in [0.1, 0.15) is 38.3 Å². The molecule has 0 fully saturated rings. The minimum absolute atomic E-state index is 0.148. The van der Waals surface area contributed by atoms with Gasteiger partial charge in [0.1, 0.15) is 6.10 Å². The summed E-state index contributed by atoms with van der Waals surface area (Å²) >= 11 is 5.33. The predicted molar refractivity (Wildman–Crippen MR) is 77.7 cm³/mol. The summed E-state index contributed by atoms with van der Waals surface area (Å²) < 4.78 is 8.24. The third-order valence-corrected chi connectivity index (χ3v) is 3.22. The molecule has 1 atom stereocenters. The Morgan fingerprint density at radius 1 is 1.26 bits per heavy atom. The van der Waals surface area contributed by atoms with E-state index in [1.54, 1.807) is 7.11 Å². The number of ether oxygens (including phenoxy) is 1. The standard InChI is InChI=1S/C14H19N3OS/c1-14(2,3)17-12(15-16-13(17)19)11(18-4)10-8-6-5-7-9-10/h5-9,11H,1-4H3,(H,16,19). The first kappa shape index (κ1) is 14.0. The van der Waals surface area contributed by atoms with Gasteiger partial charge >= 0.3 is 0 Å². The molecule has 1 aromatic heterocycles. The van der Waals surface area contributed by atoms with E-state index in [9.17, 15) is 0 Å². The highest BCUT2D eigenvalue weighted by molar-refractivity contribution is 7.71. The van der Waals surface area contributed by atoms with E-state index in [-0.39, 0.29) is 11.6 Å². The van der Waals surface area contributed by atoms with Gasteiger partial charge in [-0.3, -0.25) is 9.67 Å². The van der Waals surface area contributed by atoms with E-state index >= 15 is 0 Å². The molecule has 1 N–H and O–H groups in total. The van der Waals surface area contributed by atoms with Crippen molar-refractivity contribution in [1.82, 2.24) is 14.8 Å². The van der Waals surface area contributed by atoms with Crippen LogP contribution in [0.4, 0.5) is 0 Å². The van der Waals surface area contributed by atoms with Crippen molar-refractivity contribution in [2.24, 2.45) is 0 Å². The Bertz CT molecular complexity index is 595. The minimum atomic E-state index is -0.228. The Kier molecular flexibility index (Phi) is 3.87. The zero-order valence-electron chi connectivity index (χ0n) is 11.7. The second-order valence-corrected chi connectivity index (χ2v) is 5.81. The lowest BCUT2D eigenvalue weighted by Crippen LogP contribution is -2.26. The molecule has 0 spiro atoms. The van der Waals surface area contributed by atoms with Crippen molar-refractivity contribution in [1.29, 1.82) is 0 Å². The van der Waals surface area contributed by atoms with Crippen molar-refractivity contribution in [3.8, 4) is 0 Å². The molecular formula is C14H19N3OS. The Labute approximate surface area is 118 Å². The molecule has 1 unspecified atom stereocenters. The second-order valence-electron chi connectivity index (χ2n) is 5.42. The number of benzene rings is 1. The maximum Gasteiger partial charge on any atom is 0.195 e. The molecule has 0 radical (unpaired) electrons. The van der Waals surface area contributed by atoms with Crippen LogP contribution in [0.25, 0.3) is 0 Å². The second kappa shape index (κ2) is 5.27. The third-order valence-electron chi connectivity index (χ3n) is 2.94.